The molecule has 0 aliphatic heterocycles. The lowest BCUT2D eigenvalue weighted by atomic mass is 10.0. The number of aliphatic hydroxyl groups excluding tert-OH is 1. The van der Waals surface area contributed by atoms with Crippen LogP contribution in [0.1, 0.15) is 276 Å². The van der Waals surface area contributed by atoms with Gasteiger partial charge in [-0.1, -0.05) is 163 Å². The van der Waals surface area contributed by atoms with Gasteiger partial charge in [0.05, 0.1) is 11.7 Å². The SMILES string of the molecule is CCCCCCCCCCC(CC)OC(=O)CCCCCN(CCCCCCCC(=O)OC(CCCCCCCC)CCCCCCCC)CC(O)CCCCNC(=O)c1cc[nH]c1. The largest absolute Gasteiger partial charge is 0.462 e. The van der Waals surface area contributed by atoms with Gasteiger partial charge in [-0.25, -0.2) is 0 Å². The first kappa shape index (κ1) is 59.6. The second kappa shape index (κ2) is 44.4. The van der Waals surface area contributed by atoms with Gasteiger partial charge in [-0.05, 0) is 109 Å². The maximum absolute atomic E-state index is 12.9. The van der Waals surface area contributed by atoms with Gasteiger partial charge in [0.1, 0.15) is 12.2 Å². The van der Waals surface area contributed by atoms with E-state index in [1.807, 2.05) is 0 Å². The Bertz CT molecular complexity index is 1160. The molecule has 2 unspecified atom stereocenters. The summed E-state index contributed by atoms with van der Waals surface area (Å²) >= 11 is 0. The highest BCUT2D eigenvalue weighted by atomic mass is 16.5. The zero-order valence-electron chi connectivity index (χ0n) is 42.4. The topological polar surface area (TPSA) is 121 Å². The fourth-order valence-electron chi connectivity index (χ4n) is 8.78. The predicted octanol–water partition coefficient (Wildman–Crippen LogP) is 14.7. The first-order chi connectivity index (χ1) is 31.3. The van der Waals surface area contributed by atoms with Crippen molar-refractivity contribution in [1.29, 1.82) is 0 Å². The van der Waals surface area contributed by atoms with Gasteiger partial charge in [0.15, 0.2) is 0 Å². The van der Waals surface area contributed by atoms with Gasteiger partial charge in [-0.3, -0.25) is 14.4 Å². The Morgan fingerprint density at radius 1 is 0.547 bits per heavy atom. The summed E-state index contributed by atoms with van der Waals surface area (Å²) in [5, 5.41) is 14.0. The molecule has 0 aliphatic carbocycles. The molecule has 1 aromatic heterocycles. The Kier molecular flexibility index (Phi) is 41.4. The molecule has 0 fully saturated rings. The number of rotatable bonds is 48. The normalized spacial score (nSPS) is 12.5. The summed E-state index contributed by atoms with van der Waals surface area (Å²) in [5.41, 5.74) is 0.635. The Morgan fingerprint density at radius 3 is 1.45 bits per heavy atom. The summed E-state index contributed by atoms with van der Waals surface area (Å²) in [7, 11) is 0. The van der Waals surface area contributed by atoms with Crippen molar-refractivity contribution in [2.75, 3.05) is 26.2 Å². The number of unbranched alkanes of at least 4 members (excludes halogenated alkanes) is 24. The zero-order chi connectivity index (χ0) is 46.6. The van der Waals surface area contributed by atoms with Crippen LogP contribution in [0.3, 0.4) is 0 Å². The van der Waals surface area contributed by atoms with Crippen LogP contribution in [-0.4, -0.2) is 77.3 Å². The molecular weight excluding hydrogens is 799 g/mol. The van der Waals surface area contributed by atoms with Crippen LogP contribution < -0.4 is 5.32 Å². The average molecular weight is 902 g/mol. The number of hydrogen-bond donors (Lipinski definition) is 3. The Morgan fingerprint density at radius 2 is 0.969 bits per heavy atom. The lowest BCUT2D eigenvalue weighted by molar-refractivity contribution is -0.150. The third-order valence-corrected chi connectivity index (χ3v) is 13.0. The molecule has 64 heavy (non-hydrogen) atoms. The fraction of sp³-hybridized carbons (Fsp3) is 0.873. The summed E-state index contributed by atoms with van der Waals surface area (Å²) in [5.74, 6) is -0.142. The first-order valence-corrected chi connectivity index (χ1v) is 27.5. The second-order valence-electron chi connectivity index (χ2n) is 19.1. The van der Waals surface area contributed by atoms with E-state index in [0.717, 1.165) is 122 Å². The van der Waals surface area contributed by atoms with Crippen LogP contribution in [-0.2, 0) is 19.1 Å². The summed E-state index contributed by atoms with van der Waals surface area (Å²) in [6, 6.07) is 1.77. The zero-order valence-corrected chi connectivity index (χ0v) is 42.4. The van der Waals surface area contributed by atoms with E-state index in [9.17, 15) is 19.5 Å². The van der Waals surface area contributed by atoms with Gasteiger partial charge in [0.25, 0.3) is 5.91 Å². The number of carbonyl (C=O) groups is 3. The van der Waals surface area contributed by atoms with E-state index in [1.165, 1.54) is 109 Å². The van der Waals surface area contributed by atoms with Crippen molar-refractivity contribution in [3.8, 4) is 0 Å². The monoisotopic (exact) mass is 902 g/mol. The molecule has 374 valence electrons. The van der Waals surface area contributed by atoms with Gasteiger partial charge >= 0.3 is 11.9 Å². The average Bonchev–Trinajstić information content (AvgIpc) is 3.84. The Labute approximate surface area is 394 Å². The molecule has 0 saturated heterocycles. The summed E-state index contributed by atoms with van der Waals surface area (Å²) in [6.07, 6.45) is 43.8. The van der Waals surface area contributed by atoms with Crippen molar-refractivity contribution in [3.63, 3.8) is 0 Å². The van der Waals surface area contributed by atoms with Gasteiger partial charge in [0.2, 0.25) is 0 Å². The molecule has 2 atom stereocenters. The molecular formula is C55H103N3O6. The number of aliphatic hydroxyl groups is 1. The first-order valence-electron chi connectivity index (χ1n) is 27.5. The number of aromatic amines is 1. The van der Waals surface area contributed by atoms with Gasteiger partial charge in [-0.15, -0.1) is 0 Å². The molecule has 1 rings (SSSR count). The van der Waals surface area contributed by atoms with E-state index in [-0.39, 0.29) is 30.1 Å². The van der Waals surface area contributed by atoms with Crippen LogP contribution in [0, 0.1) is 0 Å². The number of H-pyrrole nitrogens is 1. The van der Waals surface area contributed by atoms with E-state index >= 15 is 0 Å². The van der Waals surface area contributed by atoms with Crippen LogP contribution in [0.2, 0.25) is 0 Å². The molecule has 1 heterocycles. The van der Waals surface area contributed by atoms with Crippen LogP contribution in [0.4, 0.5) is 0 Å². The second-order valence-corrected chi connectivity index (χ2v) is 19.1. The number of ether oxygens (including phenoxy) is 2. The fourth-order valence-corrected chi connectivity index (χ4v) is 8.78. The minimum atomic E-state index is -0.417. The molecule has 3 N–H and O–H groups in total. The minimum absolute atomic E-state index is 0.0117. The molecule has 0 spiro atoms. The summed E-state index contributed by atoms with van der Waals surface area (Å²) in [4.78, 5) is 43.2. The van der Waals surface area contributed by atoms with Crippen molar-refractivity contribution in [1.82, 2.24) is 15.2 Å². The van der Waals surface area contributed by atoms with E-state index in [4.69, 9.17) is 9.47 Å². The highest BCUT2D eigenvalue weighted by Gasteiger charge is 2.16. The predicted molar refractivity (Wildman–Crippen MR) is 269 cm³/mol. The molecule has 0 bridgehead atoms. The Hall–Kier alpha value is -2.39. The molecule has 9 nitrogen and oxygen atoms in total. The van der Waals surface area contributed by atoms with Gasteiger partial charge < -0.3 is 29.8 Å². The number of nitrogens with one attached hydrogen (secondary N) is 2. The number of aromatic nitrogens is 1. The van der Waals surface area contributed by atoms with Gasteiger partial charge in [0, 0.05) is 38.3 Å². The van der Waals surface area contributed by atoms with E-state index in [2.05, 4.69) is 42.9 Å². The maximum atomic E-state index is 12.9. The third-order valence-electron chi connectivity index (χ3n) is 13.0. The lowest BCUT2D eigenvalue weighted by Crippen LogP contribution is -2.34. The highest BCUT2D eigenvalue weighted by Crippen LogP contribution is 2.19. The van der Waals surface area contributed by atoms with E-state index < -0.39 is 6.10 Å². The molecule has 1 amide bonds. The minimum Gasteiger partial charge on any atom is -0.462 e. The number of hydrogen-bond acceptors (Lipinski definition) is 7. The smallest absolute Gasteiger partial charge is 0.306 e. The third kappa shape index (κ3) is 36.8. The molecule has 0 aliphatic rings. The van der Waals surface area contributed by atoms with Crippen LogP contribution >= 0.6 is 0 Å². The molecule has 1 aromatic rings. The number of carbonyl (C=O) groups excluding carboxylic acids is 3. The standard InChI is InChI=1S/C55H103N3O6/c1-5-9-12-15-18-19-23-27-37-51(8-4)63-53(60)41-31-26-35-46-58(48-50(59)36-32-33-43-57-55(62)49-42-44-56-47-49)45-34-25-20-24-30-40-54(61)64-52(38-28-21-16-13-10-6-2)39-29-22-17-14-11-7-3/h42,44,47,50-52,56,59H,5-41,43,45-46,48H2,1-4H3,(H,57,62). The quantitative estimate of drug-likeness (QED) is 0.0440. The lowest BCUT2D eigenvalue weighted by Gasteiger charge is -2.25. The summed E-state index contributed by atoms with van der Waals surface area (Å²) < 4.78 is 11.9. The van der Waals surface area contributed by atoms with Crippen molar-refractivity contribution >= 4 is 17.8 Å². The van der Waals surface area contributed by atoms with E-state index in [0.29, 0.717) is 37.9 Å². The Balaban J connectivity index is 2.46. The van der Waals surface area contributed by atoms with Crippen LogP contribution in [0.15, 0.2) is 18.5 Å². The van der Waals surface area contributed by atoms with Crippen molar-refractivity contribution in [3.05, 3.63) is 24.0 Å². The van der Waals surface area contributed by atoms with Crippen LogP contribution in [0.5, 0.6) is 0 Å². The maximum Gasteiger partial charge on any atom is 0.306 e. The van der Waals surface area contributed by atoms with Crippen molar-refractivity contribution in [2.24, 2.45) is 0 Å². The number of amides is 1. The summed E-state index contributed by atoms with van der Waals surface area (Å²) in [6.45, 7) is 12.0. The number of nitrogens with zero attached hydrogens (tertiary/aromatic N) is 1. The van der Waals surface area contributed by atoms with E-state index in [1.54, 1.807) is 18.5 Å². The highest BCUT2D eigenvalue weighted by molar-refractivity contribution is 5.93. The molecule has 0 radical (unpaired) electrons. The van der Waals surface area contributed by atoms with Crippen molar-refractivity contribution < 1.29 is 29.0 Å². The van der Waals surface area contributed by atoms with Gasteiger partial charge in [-0.2, -0.15) is 0 Å². The molecule has 0 saturated carbocycles. The van der Waals surface area contributed by atoms with Crippen LogP contribution in [0.25, 0.3) is 0 Å². The molecule has 9 heteroatoms. The number of esters is 2. The molecule has 0 aromatic carbocycles. The van der Waals surface area contributed by atoms with Crippen molar-refractivity contribution in [2.45, 2.75) is 284 Å².